The minimum Gasteiger partial charge on any atom is -0.491 e. The lowest BCUT2D eigenvalue weighted by atomic mass is 9.93. The van der Waals surface area contributed by atoms with Gasteiger partial charge in [-0.3, -0.25) is 4.90 Å². The molecule has 3 rings (SSSR count). The number of β-amino-alcohol motifs (C(OH)–C–C–N with tert-alkyl or cyclic N) is 1. The monoisotopic (exact) mass is 364 g/mol. The average molecular weight is 364 g/mol. The van der Waals surface area contributed by atoms with Crippen LogP contribution in [0.25, 0.3) is 0 Å². The van der Waals surface area contributed by atoms with Crippen molar-refractivity contribution in [2.45, 2.75) is 50.5 Å². The summed E-state index contributed by atoms with van der Waals surface area (Å²) in [4.78, 5) is 2.21. The minimum absolute atomic E-state index is 0.117. The van der Waals surface area contributed by atoms with Gasteiger partial charge in [-0.15, -0.1) is 0 Å². The molecule has 1 atom stereocenters. The van der Waals surface area contributed by atoms with Gasteiger partial charge in [-0.05, 0) is 43.4 Å². The van der Waals surface area contributed by atoms with E-state index < -0.39 is 6.10 Å². The number of aliphatic hydroxyl groups excluding tert-OH is 2. The summed E-state index contributed by atoms with van der Waals surface area (Å²) < 4.78 is 11.1. The van der Waals surface area contributed by atoms with Gasteiger partial charge in [0.05, 0.1) is 19.3 Å². The maximum atomic E-state index is 10.2. The number of benzene rings is 1. The van der Waals surface area contributed by atoms with E-state index >= 15 is 0 Å². The molecular formula is C20H32N2O4. The maximum Gasteiger partial charge on any atom is 0.119 e. The normalized spacial score (nSPS) is 25.8. The number of aliphatic hydroxyl groups is 2. The number of morpholine rings is 1. The predicted molar refractivity (Wildman–Crippen MR) is 100 cm³/mol. The van der Waals surface area contributed by atoms with Crippen LogP contribution in [0.5, 0.6) is 5.75 Å². The van der Waals surface area contributed by atoms with Gasteiger partial charge in [0.2, 0.25) is 0 Å². The van der Waals surface area contributed by atoms with Crippen LogP contribution < -0.4 is 10.1 Å². The highest BCUT2D eigenvalue weighted by atomic mass is 16.5. The molecule has 1 unspecified atom stereocenters. The molecule has 2 aliphatic rings. The number of ether oxygens (including phenoxy) is 2. The fraction of sp³-hybridized carbons (Fsp3) is 0.700. The number of rotatable bonds is 8. The molecule has 3 N–H and O–H groups in total. The number of hydrogen-bond donors (Lipinski definition) is 3. The Hall–Kier alpha value is -1.18. The Balaban J connectivity index is 1.39. The van der Waals surface area contributed by atoms with Crippen molar-refractivity contribution in [1.82, 2.24) is 10.2 Å². The number of nitrogens with zero attached hydrogens (tertiary/aromatic N) is 1. The Kier molecular flexibility index (Phi) is 7.70. The molecule has 1 heterocycles. The van der Waals surface area contributed by atoms with E-state index in [1.165, 1.54) is 5.56 Å². The van der Waals surface area contributed by atoms with Crippen molar-refractivity contribution < 1.29 is 19.7 Å². The molecule has 1 aliphatic carbocycles. The van der Waals surface area contributed by atoms with Gasteiger partial charge in [0.1, 0.15) is 18.5 Å². The molecule has 26 heavy (non-hydrogen) atoms. The van der Waals surface area contributed by atoms with Crippen LogP contribution in [0.2, 0.25) is 0 Å². The van der Waals surface area contributed by atoms with E-state index in [0.717, 1.165) is 64.3 Å². The van der Waals surface area contributed by atoms with E-state index in [0.29, 0.717) is 19.2 Å². The van der Waals surface area contributed by atoms with Gasteiger partial charge in [-0.1, -0.05) is 12.1 Å². The largest absolute Gasteiger partial charge is 0.491 e. The Morgan fingerprint density at radius 3 is 2.73 bits per heavy atom. The van der Waals surface area contributed by atoms with Crippen LogP contribution in [0.4, 0.5) is 0 Å². The molecule has 1 aliphatic heterocycles. The first-order valence-corrected chi connectivity index (χ1v) is 9.80. The zero-order valence-electron chi connectivity index (χ0n) is 15.5. The Labute approximate surface area is 156 Å². The summed E-state index contributed by atoms with van der Waals surface area (Å²) in [6.45, 7) is 4.94. The van der Waals surface area contributed by atoms with E-state index in [9.17, 15) is 10.2 Å². The highest BCUT2D eigenvalue weighted by Gasteiger charge is 2.19. The molecule has 1 saturated heterocycles. The summed E-state index contributed by atoms with van der Waals surface area (Å²) >= 11 is 0. The van der Waals surface area contributed by atoms with Crippen LogP contribution in [-0.4, -0.2) is 72.8 Å². The molecular weight excluding hydrogens is 332 g/mol. The van der Waals surface area contributed by atoms with Gasteiger partial charge >= 0.3 is 0 Å². The topological polar surface area (TPSA) is 74.2 Å². The third kappa shape index (κ3) is 6.52. The van der Waals surface area contributed by atoms with Crippen LogP contribution in [0, 0.1) is 0 Å². The summed E-state index contributed by atoms with van der Waals surface area (Å²) in [7, 11) is 0. The van der Waals surface area contributed by atoms with Crippen molar-refractivity contribution >= 4 is 0 Å². The molecule has 1 saturated carbocycles. The lowest BCUT2D eigenvalue weighted by Gasteiger charge is -2.28. The van der Waals surface area contributed by atoms with Gasteiger partial charge in [0, 0.05) is 32.2 Å². The van der Waals surface area contributed by atoms with E-state index in [4.69, 9.17) is 9.47 Å². The van der Waals surface area contributed by atoms with Crippen molar-refractivity contribution in [2.75, 3.05) is 39.5 Å². The van der Waals surface area contributed by atoms with Gasteiger partial charge in [-0.25, -0.2) is 0 Å². The fourth-order valence-corrected chi connectivity index (χ4v) is 3.61. The van der Waals surface area contributed by atoms with Crippen molar-refractivity contribution in [3.63, 3.8) is 0 Å². The fourth-order valence-electron chi connectivity index (χ4n) is 3.61. The van der Waals surface area contributed by atoms with Crippen LogP contribution >= 0.6 is 0 Å². The third-order valence-electron chi connectivity index (χ3n) is 5.21. The quantitative estimate of drug-likeness (QED) is 0.643. The van der Waals surface area contributed by atoms with Crippen molar-refractivity contribution in [1.29, 1.82) is 0 Å². The van der Waals surface area contributed by atoms with E-state index in [-0.39, 0.29) is 6.10 Å². The smallest absolute Gasteiger partial charge is 0.119 e. The van der Waals surface area contributed by atoms with Crippen molar-refractivity contribution in [3.8, 4) is 5.75 Å². The lowest BCUT2D eigenvalue weighted by Crippen LogP contribution is -2.42. The molecule has 6 nitrogen and oxygen atoms in total. The maximum absolute atomic E-state index is 10.2. The minimum atomic E-state index is -0.497. The standard InChI is InChI=1S/C20H32N2O4/c23-18-6-4-17(5-7-18)21-13-16-2-1-3-20(12-16)26-15-19(24)14-22-8-10-25-11-9-22/h1-3,12,17-19,21,23-24H,4-11,13-15H2. The Bertz CT molecular complexity index is 528. The zero-order chi connectivity index (χ0) is 18.2. The van der Waals surface area contributed by atoms with E-state index in [2.05, 4.69) is 16.3 Å². The zero-order valence-corrected chi connectivity index (χ0v) is 15.5. The highest BCUT2D eigenvalue weighted by Crippen LogP contribution is 2.19. The molecule has 0 radical (unpaired) electrons. The van der Waals surface area contributed by atoms with Crippen LogP contribution in [0.15, 0.2) is 24.3 Å². The van der Waals surface area contributed by atoms with Crippen LogP contribution in [0.3, 0.4) is 0 Å². The summed E-state index contributed by atoms with van der Waals surface area (Å²) in [5, 5.41) is 23.3. The SMILES string of the molecule is OC1CCC(NCc2cccc(OCC(O)CN3CCOCC3)c2)CC1. The summed E-state index contributed by atoms with van der Waals surface area (Å²) in [6, 6.07) is 8.53. The molecule has 0 aromatic heterocycles. The summed E-state index contributed by atoms with van der Waals surface area (Å²) in [6.07, 6.45) is 3.23. The van der Waals surface area contributed by atoms with Crippen LogP contribution in [0.1, 0.15) is 31.2 Å². The lowest BCUT2D eigenvalue weighted by molar-refractivity contribution is 0.00465. The second kappa shape index (κ2) is 10.2. The molecule has 146 valence electrons. The molecule has 2 fully saturated rings. The first-order chi connectivity index (χ1) is 12.7. The first-order valence-electron chi connectivity index (χ1n) is 9.80. The van der Waals surface area contributed by atoms with Crippen molar-refractivity contribution in [3.05, 3.63) is 29.8 Å². The molecule has 6 heteroatoms. The Morgan fingerprint density at radius 2 is 1.96 bits per heavy atom. The van der Waals surface area contributed by atoms with Crippen molar-refractivity contribution in [2.24, 2.45) is 0 Å². The van der Waals surface area contributed by atoms with Gasteiger partial charge in [-0.2, -0.15) is 0 Å². The summed E-state index contributed by atoms with van der Waals surface area (Å²) in [5.74, 6) is 0.796. The van der Waals surface area contributed by atoms with Crippen LogP contribution in [-0.2, 0) is 11.3 Å². The number of nitrogens with one attached hydrogen (secondary N) is 1. The molecule has 1 aromatic carbocycles. The van der Waals surface area contributed by atoms with E-state index in [1.807, 2.05) is 18.2 Å². The second-order valence-electron chi connectivity index (χ2n) is 7.41. The highest BCUT2D eigenvalue weighted by molar-refractivity contribution is 5.28. The summed E-state index contributed by atoms with van der Waals surface area (Å²) in [5.41, 5.74) is 1.18. The second-order valence-corrected chi connectivity index (χ2v) is 7.41. The van der Waals surface area contributed by atoms with Gasteiger partial charge in [0.25, 0.3) is 0 Å². The average Bonchev–Trinajstić information content (AvgIpc) is 2.67. The molecule has 1 aromatic rings. The van der Waals surface area contributed by atoms with Gasteiger partial charge < -0.3 is 25.0 Å². The van der Waals surface area contributed by atoms with Gasteiger partial charge in [0.15, 0.2) is 0 Å². The molecule has 0 bridgehead atoms. The van der Waals surface area contributed by atoms with E-state index in [1.54, 1.807) is 0 Å². The molecule has 0 spiro atoms. The predicted octanol–water partition coefficient (Wildman–Crippen LogP) is 1.15. The Morgan fingerprint density at radius 1 is 1.19 bits per heavy atom. The first kappa shape index (κ1) is 19.6. The third-order valence-corrected chi connectivity index (χ3v) is 5.21. The molecule has 0 amide bonds. The number of hydrogen-bond acceptors (Lipinski definition) is 6.